The van der Waals surface area contributed by atoms with Gasteiger partial charge in [0.25, 0.3) is 0 Å². The molecule has 22 heavy (non-hydrogen) atoms. The number of Topliss-reactive ketones (excluding diaryl/α,β-unsaturated/α-hetero) is 1. The SMILES string of the molecule is CS(=O)(=O)c1ccc(C(C[C@H]2CCC(=O)C2)C(=O)O)cc1Cl. The molecule has 2 atom stereocenters. The first kappa shape index (κ1) is 17.0. The van der Waals surface area contributed by atoms with Crippen LogP contribution in [-0.2, 0) is 19.4 Å². The molecule has 7 heteroatoms. The Morgan fingerprint density at radius 2 is 2.14 bits per heavy atom. The number of hydrogen-bond acceptors (Lipinski definition) is 4. The number of aliphatic carboxylic acids is 1. The maximum atomic E-state index is 11.5. The van der Waals surface area contributed by atoms with Gasteiger partial charge in [-0.25, -0.2) is 8.42 Å². The average molecular weight is 345 g/mol. The Morgan fingerprint density at radius 1 is 1.45 bits per heavy atom. The Balaban J connectivity index is 2.27. The number of halogens is 1. The smallest absolute Gasteiger partial charge is 0.310 e. The van der Waals surface area contributed by atoms with E-state index >= 15 is 0 Å². The van der Waals surface area contributed by atoms with Gasteiger partial charge >= 0.3 is 5.97 Å². The summed E-state index contributed by atoms with van der Waals surface area (Å²) in [4.78, 5) is 22.8. The molecule has 1 aliphatic rings. The van der Waals surface area contributed by atoms with E-state index in [0.29, 0.717) is 31.2 Å². The van der Waals surface area contributed by atoms with Crippen LogP contribution in [0.15, 0.2) is 23.1 Å². The van der Waals surface area contributed by atoms with Crippen molar-refractivity contribution < 1.29 is 23.1 Å². The predicted octanol–water partition coefficient (Wildman–Crippen LogP) is 2.67. The number of carbonyl (C=O) groups excluding carboxylic acids is 1. The molecule has 0 aliphatic heterocycles. The van der Waals surface area contributed by atoms with Crippen molar-refractivity contribution in [3.8, 4) is 0 Å². The number of hydrogen-bond donors (Lipinski definition) is 1. The highest BCUT2D eigenvalue weighted by molar-refractivity contribution is 7.90. The highest BCUT2D eigenvalue weighted by Gasteiger charge is 2.30. The van der Waals surface area contributed by atoms with Crippen molar-refractivity contribution in [3.05, 3.63) is 28.8 Å². The molecule has 1 aliphatic carbocycles. The van der Waals surface area contributed by atoms with E-state index < -0.39 is 21.7 Å². The Kier molecular flexibility index (Phi) is 4.92. The van der Waals surface area contributed by atoms with E-state index in [1.807, 2.05) is 0 Å². The van der Waals surface area contributed by atoms with Gasteiger partial charge < -0.3 is 5.11 Å². The zero-order valence-corrected chi connectivity index (χ0v) is 13.7. The third-order valence-electron chi connectivity index (χ3n) is 3.97. The molecule has 0 aromatic heterocycles. The third-order valence-corrected chi connectivity index (χ3v) is 5.55. The van der Waals surface area contributed by atoms with Crippen LogP contribution in [0.3, 0.4) is 0 Å². The largest absolute Gasteiger partial charge is 0.481 e. The second-order valence-corrected chi connectivity index (χ2v) is 8.13. The van der Waals surface area contributed by atoms with Crippen LogP contribution >= 0.6 is 11.6 Å². The topological polar surface area (TPSA) is 88.5 Å². The minimum Gasteiger partial charge on any atom is -0.481 e. The number of ketones is 1. The van der Waals surface area contributed by atoms with Crippen LogP contribution in [0.4, 0.5) is 0 Å². The monoisotopic (exact) mass is 344 g/mol. The van der Waals surface area contributed by atoms with Gasteiger partial charge in [0.15, 0.2) is 9.84 Å². The van der Waals surface area contributed by atoms with Gasteiger partial charge in [-0.05, 0) is 36.5 Å². The molecule has 0 spiro atoms. The molecule has 1 aromatic carbocycles. The second kappa shape index (κ2) is 6.38. The molecule has 1 unspecified atom stereocenters. The van der Waals surface area contributed by atoms with Gasteiger partial charge in [-0.2, -0.15) is 0 Å². The number of benzene rings is 1. The fourth-order valence-corrected chi connectivity index (χ4v) is 4.18. The van der Waals surface area contributed by atoms with E-state index in [0.717, 1.165) is 6.26 Å². The molecule has 1 N–H and O–H groups in total. The van der Waals surface area contributed by atoms with Gasteiger partial charge in [0, 0.05) is 19.1 Å². The van der Waals surface area contributed by atoms with Crippen molar-refractivity contribution in [1.29, 1.82) is 0 Å². The Labute approximate surface area is 134 Å². The lowest BCUT2D eigenvalue weighted by Gasteiger charge is -2.17. The van der Waals surface area contributed by atoms with Gasteiger partial charge in [0.1, 0.15) is 5.78 Å². The minimum absolute atomic E-state index is 0.0156. The molecule has 0 saturated heterocycles. The van der Waals surface area contributed by atoms with Crippen LogP contribution in [0.2, 0.25) is 5.02 Å². The number of carbonyl (C=O) groups is 2. The van der Waals surface area contributed by atoms with Crippen molar-refractivity contribution in [2.75, 3.05) is 6.26 Å². The van der Waals surface area contributed by atoms with E-state index in [4.69, 9.17) is 11.6 Å². The van der Waals surface area contributed by atoms with Crippen molar-refractivity contribution in [2.24, 2.45) is 5.92 Å². The predicted molar refractivity (Wildman–Crippen MR) is 81.9 cm³/mol. The fourth-order valence-electron chi connectivity index (χ4n) is 2.84. The molecule has 5 nitrogen and oxygen atoms in total. The molecule has 0 bridgehead atoms. The highest BCUT2D eigenvalue weighted by atomic mass is 35.5. The first-order valence-electron chi connectivity index (χ1n) is 6.92. The number of carboxylic acid groups (broad SMARTS) is 1. The molecule has 1 saturated carbocycles. The van der Waals surface area contributed by atoms with Crippen LogP contribution in [0.5, 0.6) is 0 Å². The van der Waals surface area contributed by atoms with Crippen LogP contribution < -0.4 is 0 Å². The molecule has 0 amide bonds. The number of carboxylic acids is 1. The third kappa shape index (κ3) is 3.87. The van der Waals surface area contributed by atoms with E-state index in [1.165, 1.54) is 18.2 Å². The van der Waals surface area contributed by atoms with Gasteiger partial charge in [0.05, 0.1) is 15.8 Å². The lowest BCUT2D eigenvalue weighted by atomic mass is 9.88. The molecule has 0 radical (unpaired) electrons. The Morgan fingerprint density at radius 3 is 2.59 bits per heavy atom. The van der Waals surface area contributed by atoms with E-state index in [1.54, 1.807) is 0 Å². The summed E-state index contributed by atoms with van der Waals surface area (Å²) in [6, 6.07) is 4.22. The standard InChI is InChI=1S/C15H17ClO5S/c1-22(20,21)14-5-3-10(8-13(14)16)12(15(18)19)7-9-2-4-11(17)6-9/h3,5,8-9,12H,2,4,6-7H2,1H3,(H,18,19)/t9-,12?/m0/s1. The van der Waals surface area contributed by atoms with Crippen LogP contribution in [0, 0.1) is 5.92 Å². The van der Waals surface area contributed by atoms with Crippen LogP contribution in [0.25, 0.3) is 0 Å². The van der Waals surface area contributed by atoms with Crippen molar-refractivity contribution in [1.82, 2.24) is 0 Å². The fraction of sp³-hybridized carbons (Fsp3) is 0.467. The molecule has 120 valence electrons. The normalized spacial score (nSPS) is 20.1. The summed E-state index contributed by atoms with van der Waals surface area (Å²) in [6.07, 6.45) is 3.03. The maximum Gasteiger partial charge on any atom is 0.310 e. The van der Waals surface area contributed by atoms with Crippen LogP contribution in [0.1, 0.15) is 37.2 Å². The minimum atomic E-state index is -3.45. The van der Waals surface area contributed by atoms with Gasteiger partial charge in [-0.1, -0.05) is 17.7 Å². The lowest BCUT2D eigenvalue weighted by Crippen LogP contribution is -2.15. The Bertz CT molecular complexity index is 711. The summed E-state index contributed by atoms with van der Waals surface area (Å²) in [5.41, 5.74) is 0.462. The van der Waals surface area contributed by atoms with Crippen molar-refractivity contribution in [3.63, 3.8) is 0 Å². The molecule has 0 heterocycles. The van der Waals surface area contributed by atoms with Crippen molar-refractivity contribution >= 4 is 33.2 Å². The van der Waals surface area contributed by atoms with E-state index in [-0.39, 0.29) is 21.6 Å². The van der Waals surface area contributed by atoms with Gasteiger partial charge in [-0.15, -0.1) is 0 Å². The molecular weight excluding hydrogens is 328 g/mol. The second-order valence-electron chi connectivity index (χ2n) is 5.74. The summed E-state index contributed by atoms with van der Waals surface area (Å²) in [6.45, 7) is 0. The first-order chi connectivity index (χ1) is 10.2. The van der Waals surface area contributed by atoms with E-state index in [2.05, 4.69) is 0 Å². The highest BCUT2D eigenvalue weighted by Crippen LogP contribution is 2.34. The molecule has 2 rings (SSSR count). The molecule has 1 fully saturated rings. The van der Waals surface area contributed by atoms with Crippen LogP contribution in [-0.4, -0.2) is 31.5 Å². The number of rotatable bonds is 5. The summed E-state index contributed by atoms with van der Waals surface area (Å²) in [5, 5.41) is 9.45. The first-order valence-corrected chi connectivity index (χ1v) is 9.19. The lowest BCUT2D eigenvalue weighted by molar-refractivity contribution is -0.139. The Hall–Kier alpha value is -1.40. The number of sulfone groups is 1. The van der Waals surface area contributed by atoms with Gasteiger partial charge in [0.2, 0.25) is 0 Å². The van der Waals surface area contributed by atoms with Gasteiger partial charge in [-0.3, -0.25) is 9.59 Å². The summed E-state index contributed by atoms with van der Waals surface area (Å²) >= 11 is 5.98. The molecular formula is C15H17ClO5S. The summed E-state index contributed by atoms with van der Waals surface area (Å²) < 4.78 is 23.1. The summed E-state index contributed by atoms with van der Waals surface area (Å²) in [7, 11) is -3.45. The quantitative estimate of drug-likeness (QED) is 0.887. The zero-order chi connectivity index (χ0) is 16.5. The average Bonchev–Trinajstić information content (AvgIpc) is 2.79. The summed E-state index contributed by atoms with van der Waals surface area (Å²) in [5.74, 6) is -1.56. The zero-order valence-electron chi connectivity index (χ0n) is 12.1. The maximum absolute atomic E-state index is 11.5. The van der Waals surface area contributed by atoms with Crippen molar-refractivity contribution in [2.45, 2.75) is 36.5 Å². The molecule has 1 aromatic rings. The van der Waals surface area contributed by atoms with E-state index in [9.17, 15) is 23.1 Å².